The maximum absolute atomic E-state index is 11.7. The van der Waals surface area contributed by atoms with Gasteiger partial charge in [-0.15, -0.1) is 0 Å². The smallest absolute Gasteiger partial charge is 0.224 e. The van der Waals surface area contributed by atoms with Gasteiger partial charge in [0.1, 0.15) is 0 Å². The molecule has 86 valence electrons. The van der Waals surface area contributed by atoms with Crippen LogP contribution in [0.15, 0.2) is 0 Å². The molecule has 0 aromatic carbocycles. The van der Waals surface area contributed by atoms with Crippen molar-refractivity contribution in [2.45, 2.75) is 58.2 Å². The van der Waals surface area contributed by atoms with E-state index in [1.54, 1.807) is 0 Å². The Morgan fingerprint density at radius 3 is 2.47 bits per heavy atom. The predicted molar refractivity (Wildman–Crippen MR) is 60.6 cm³/mol. The summed E-state index contributed by atoms with van der Waals surface area (Å²) >= 11 is 0. The minimum Gasteiger partial charge on any atom is -0.339 e. The molecule has 1 N–H and O–H groups in total. The highest BCUT2D eigenvalue weighted by atomic mass is 16.2. The zero-order chi connectivity index (χ0) is 11.0. The number of carbonyl (C=O) groups excluding carboxylic acids is 1. The lowest BCUT2D eigenvalue weighted by molar-refractivity contribution is -0.129. The first-order chi connectivity index (χ1) is 7.08. The topological polar surface area (TPSA) is 32.3 Å². The minimum atomic E-state index is 0.311. The van der Waals surface area contributed by atoms with Crippen LogP contribution in [0, 0.1) is 5.92 Å². The fourth-order valence-corrected chi connectivity index (χ4v) is 2.45. The highest BCUT2D eigenvalue weighted by molar-refractivity contribution is 5.79. The summed E-state index contributed by atoms with van der Waals surface area (Å²) in [5, 5.41) is 3.59. The van der Waals surface area contributed by atoms with E-state index in [9.17, 15) is 4.79 Å². The molecule has 0 aromatic heterocycles. The van der Waals surface area contributed by atoms with Crippen molar-refractivity contribution in [3.8, 4) is 0 Å². The highest BCUT2D eigenvalue weighted by Crippen LogP contribution is 2.33. The monoisotopic (exact) mass is 210 g/mol. The van der Waals surface area contributed by atoms with Gasteiger partial charge in [-0.2, -0.15) is 0 Å². The summed E-state index contributed by atoms with van der Waals surface area (Å²) in [4.78, 5) is 13.7. The second-order valence-electron chi connectivity index (χ2n) is 5.33. The van der Waals surface area contributed by atoms with E-state index < -0.39 is 0 Å². The summed E-state index contributed by atoms with van der Waals surface area (Å²) in [6.07, 6.45) is 3.42. The quantitative estimate of drug-likeness (QED) is 0.760. The van der Waals surface area contributed by atoms with Gasteiger partial charge in [0.05, 0.1) is 0 Å². The number of likely N-dealkylation sites (tertiary alicyclic amines) is 1. The van der Waals surface area contributed by atoms with Crippen LogP contribution in [0.3, 0.4) is 0 Å². The van der Waals surface area contributed by atoms with Gasteiger partial charge in [-0.25, -0.2) is 0 Å². The number of nitrogens with one attached hydrogen (secondary N) is 1. The average molecular weight is 210 g/mol. The molecule has 1 aliphatic carbocycles. The Balaban J connectivity index is 1.82. The Hall–Kier alpha value is -0.570. The molecule has 2 rings (SSSR count). The molecular formula is C12H22N2O. The fourth-order valence-electron chi connectivity index (χ4n) is 2.45. The van der Waals surface area contributed by atoms with E-state index in [0.29, 0.717) is 30.5 Å². The van der Waals surface area contributed by atoms with Crippen LogP contribution in [0.5, 0.6) is 0 Å². The minimum absolute atomic E-state index is 0.311. The van der Waals surface area contributed by atoms with Crippen molar-refractivity contribution in [2.24, 2.45) is 5.92 Å². The maximum Gasteiger partial charge on any atom is 0.224 e. The molecule has 1 saturated carbocycles. The number of amides is 1. The van der Waals surface area contributed by atoms with Crippen molar-refractivity contribution in [1.82, 2.24) is 10.2 Å². The lowest BCUT2D eigenvalue weighted by Gasteiger charge is -2.22. The first kappa shape index (κ1) is 10.9. The lowest BCUT2D eigenvalue weighted by Crippen LogP contribution is -2.40. The molecular weight excluding hydrogens is 188 g/mol. The summed E-state index contributed by atoms with van der Waals surface area (Å²) in [6.45, 7) is 7.32. The number of rotatable bonds is 4. The van der Waals surface area contributed by atoms with Gasteiger partial charge in [-0.1, -0.05) is 0 Å². The molecule has 1 saturated heterocycles. The fraction of sp³-hybridized carbons (Fsp3) is 0.917. The second kappa shape index (κ2) is 4.12. The van der Waals surface area contributed by atoms with Crippen molar-refractivity contribution < 1.29 is 4.79 Å². The van der Waals surface area contributed by atoms with Gasteiger partial charge in [0, 0.05) is 31.1 Å². The summed E-state index contributed by atoms with van der Waals surface area (Å²) in [6, 6.07) is 1.32. The molecule has 1 aliphatic heterocycles. The molecule has 2 atom stereocenters. The molecule has 2 aliphatic rings. The van der Waals surface area contributed by atoms with Gasteiger partial charge in [-0.3, -0.25) is 4.79 Å². The normalized spacial score (nSPS) is 28.9. The van der Waals surface area contributed by atoms with Gasteiger partial charge < -0.3 is 10.2 Å². The van der Waals surface area contributed by atoms with Crippen LogP contribution < -0.4 is 5.32 Å². The third kappa shape index (κ3) is 2.51. The van der Waals surface area contributed by atoms with Gasteiger partial charge in [0.15, 0.2) is 0 Å². The number of hydrogen-bond donors (Lipinski definition) is 1. The molecule has 0 aromatic rings. The van der Waals surface area contributed by atoms with Crippen molar-refractivity contribution in [1.29, 1.82) is 0 Å². The first-order valence-electron chi connectivity index (χ1n) is 6.13. The van der Waals surface area contributed by atoms with E-state index in [4.69, 9.17) is 0 Å². The van der Waals surface area contributed by atoms with Crippen molar-refractivity contribution in [2.75, 3.05) is 6.54 Å². The molecule has 3 heteroatoms. The molecule has 2 fully saturated rings. The molecule has 3 nitrogen and oxygen atoms in total. The average Bonchev–Trinajstić information content (AvgIpc) is 2.91. The highest BCUT2D eigenvalue weighted by Gasteiger charge is 2.35. The first-order valence-corrected chi connectivity index (χ1v) is 6.13. The van der Waals surface area contributed by atoms with E-state index in [0.717, 1.165) is 12.5 Å². The lowest BCUT2D eigenvalue weighted by atomic mass is 10.1. The van der Waals surface area contributed by atoms with Gasteiger partial charge in [0.2, 0.25) is 5.91 Å². The molecule has 0 radical (unpaired) electrons. The molecule has 0 bridgehead atoms. The standard InChI is InChI=1S/C12H22N2O/c1-8(2)14-7-11(6-12(14)15)13-9(3)10-4-5-10/h8-11,13H,4-7H2,1-3H3. The molecule has 15 heavy (non-hydrogen) atoms. The predicted octanol–water partition coefficient (Wildman–Crippen LogP) is 1.38. The van der Waals surface area contributed by atoms with Crippen LogP contribution in [0.1, 0.15) is 40.0 Å². The maximum atomic E-state index is 11.7. The van der Waals surface area contributed by atoms with Crippen LogP contribution in [0.4, 0.5) is 0 Å². The zero-order valence-corrected chi connectivity index (χ0v) is 9.99. The van der Waals surface area contributed by atoms with Crippen molar-refractivity contribution in [3.05, 3.63) is 0 Å². The van der Waals surface area contributed by atoms with Gasteiger partial charge in [-0.05, 0) is 39.5 Å². The molecule has 1 amide bonds. The largest absolute Gasteiger partial charge is 0.339 e. The van der Waals surface area contributed by atoms with Gasteiger partial charge in [0.25, 0.3) is 0 Å². The van der Waals surface area contributed by atoms with Crippen LogP contribution in [-0.4, -0.2) is 35.5 Å². The molecule has 1 heterocycles. The Bertz CT molecular complexity index is 248. The van der Waals surface area contributed by atoms with E-state index in [-0.39, 0.29) is 0 Å². The van der Waals surface area contributed by atoms with E-state index in [2.05, 4.69) is 26.1 Å². The summed E-state index contributed by atoms with van der Waals surface area (Å²) in [7, 11) is 0. The summed E-state index contributed by atoms with van der Waals surface area (Å²) in [5.41, 5.74) is 0. The van der Waals surface area contributed by atoms with Crippen molar-refractivity contribution >= 4 is 5.91 Å². The van der Waals surface area contributed by atoms with Crippen LogP contribution in [-0.2, 0) is 4.79 Å². The van der Waals surface area contributed by atoms with Crippen LogP contribution in [0.2, 0.25) is 0 Å². The second-order valence-corrected chi connectivity index (χ2v) is 5.33. The van der Waals surface area contributed by atoms with E-state index in [1.807, 2.05) is 4.90 Å². The third-order valence-corrected chi connectivity index (χ3v) is 3.61. The number of nitrogens with zero attached hydrogens (tertiary/aromatic N) is 1. The summed E-state index contributed by atoms with van der Waals surface area (Å²) in [5.74, 6) is 1.18. The SMILES string of the molecule is CC(NC1CC(=O)N(C(C)C)C1)C1CC1. The Morgan fingerprint density at radius 1 is 1.33 bits per heavy atom. The number of hydrogen-bond acceptors (Lipinski definition) is 2. The summed E-state index contributed by atoms with van der Waals surface area (Å²) < 4.78 is 0. The Labute approximate surface area is 92.2 Å². The Morgan fingerprint density at radius 2 is 2.00 bits per heavy atom. The Kier molecular flexibility index (Phi) is 3.01. The van der Waals surface area contributed by atoms with Crippen LogP contribution >= 0.6 is 0 Å². The molecule has 0 spiro atoms. The molecule has 2 unspecified atom stereocenters. The third-order valence-electron chi connectivity index (χ3n) is 3.61. The zero-order valence-electron chi connectivity index (χ0n) is 9.99. The number of carbonyl (C=O) groups is 1. The van der Waals surface area contributed by atoms with E-state index >= 15 is 0 Å². The van der Waals surface area contributed by atoms with Gasteiger partial charge >= 0.3 is 0 Å². The van der Waals surface area contributed by atoms with E-state index in [1.165, 1.54) is 12.8 Å². The van der Waals surface area contributed by atoms with Crippen LogP contribution in [0.25, 0.3) is 0 Å². The van der Waals surface area contributed by atoms with Crippen molar-refractivity contribution in [3.63, 3.8) is 0 Å².